The molecule has 13 nitrogen and oxygen atoms in total. The van der Waals surface area contributed by atoms with Crippen LogP contribution in [0.15, 0.2) is 36.7 Å². The molecule has 0 saturated carbocycles. The Hall–Kier alpha value is -3.81. The molecule has 5 rings (SSSR count). The number of likely N-dealkylation sites (N-methyl/N-ethyl adjacent to an activating group) is 1. The number of likely N-dealkylation sites (tertiary alicyclic amines) is 1. The molecule has 208 valence electrons. The highest BCUT2D eigenvalue weighted by atomic mass is 16.6. The van der Waals surface area contributed by atoms with E-state index in [4.69, 9.17) is 15.2 Å². The predicted molar refractivity (Wildman–Crippen MR) is 139 cm³/mol. The molecule has 3 aromatic rings. The molecule has 2 aliphatic heterocycles. The van der Waals surface area contributed by atoms with E-state index in [9.17, 15) is 19.8 Å². The van der Waals surface area contributed by atoms with Gasteiger partial charge in [0, 0.05) is 26.1 Å². The number of carbonyl (C=O) groups excluding carboxylic acids is 2. The number of ether oxygens (including phenoxy) is 2. The van der Waals surface area contributed by atoms with E-state index in [2.05, 4.69) is 20.3 Å². The van der Waals surface area contributed by atoms with Crippen LogP contribution < -0.4 is 11.1 Å². The minimum Gasteiger partial charge on any atom is -0.445 e. The summed E-state index contributed by atoms with van der Waals surface area (Å²) < 4.78 is 12.6. The molecule has 4 atom stereocenters. The lowest BCUT2D eigenvalue weighted by molar-refractivity contribution is -0.137. The van der Waals surface area contributed by atoms with Gasteiger partial charge >= 0.3 is 6.09 Å². The third-order valence-electron chi connectivity index (χ3n) is 7.17. The van der Waals surface area contributed by atoms with E-state index < -0.39 is 30.4 Å². The van der Waals surface area contributed by atoms with Gasteiger partial charge in [0.05, 0.1) is 6.33 Å². The van der Waals surface area contributed by atoms with Crippen molar-refractivity contribution in [2.24, 2.45) is 5.92 Å². The minimum absolute atomic E-state index is 0.184. The van der Waals surface area contributed by atoms with Gasteiger partial charge in [-0.1, -0.05) is 30.3 Å². The molecule has 2 amide bonds. The maximum atomic E-state index is 12.5. The first-order valence-electron chi connectivity index (χ1n) is 13.1. The number of fused-ring (bicyclic) bond motifs is 1. The molecule has 4 heterocycles. The van der Waals surface area contributed by atoms with E-state index in [1.54, 1.807) is 11.8 Å². The number of aliphatic hydroxyl groups is 2. The molecule has 2 aromatic heterocycles. The maximum absolute atomic E-state index is 12.5. The first-order chi connectivity index (χ1) is 18.9. The molecule has 2 aliphatic rings. The van der Waals surface area contributed by atoms with Gasteiger partial charge in [-0.25, -0.2) is 19.7 Å². The number of nitrogens with two attached hydrogens (primary N) is 1. The molecule has 0 aliphatic carbocycles. The summed E-state index contributed by atoms with van der Waals surface area (Å²) in [6.45, 7) is 3.48. The summed E-state index contributed by atoms with van der Waals surface area (Å²) in [4.78, 5) is 39.8. The SMILES string of the molecule is CCNC(=O)[C@H]1O[C@@H](n2cnc3c(N)nc(CC4CCN(C(=O)OCc5ccccc5)CC4)nc32)C(O)C1O. The number of hydrogen-bond acceptors (Lipinski definition) is 10. The smallest absolute Gasteiger partial charge is 0.410 e. The Morgan fingerprint density at radius 3 is 2.62 bits per heavy atom. The van der Waals surface area contributed by atoms with Crippen LogP contribution in [-0.4, -0.2) is 84.6 Å². The van der Waals surface area contributed by atoms with Crippen molar-refractivity contribution in [1.29, 1.82) is 0 Å². The average Bonchev–Trinajstić information content (AvgIpc) is 3.49. The summed E-state index contributed by atoms with van der Waals surface area (Å²) in [5.41, 5.74) is 7.80. The van der Waals surface area contributed by atoms with Crippen molar-refractivity contribution in [3.8, 4) is 0 Å². The number of nitrogens with one attached hydrogen (secondary N) is 1. The van der Waals surface area contributed by atoms with Crippen molar-refractivity contribution in [3.05, 3.63) is 48.0 Å². The quantitative estimate of drug-likeness (QED) is 0.335. The maximum Gasteiger partial charge on any atom is 0.410 e. The number of anilines is 1. The van der Waals surface area contributed by atoms with E-state index in [1.165, 1.54) is 10.9 Å². The van der Waals surface area contributed by atoms with Crippen molar-refractivity contribution < 1.29 is 29.3 Å². The number of aliphatic hydroxyl groups excluding tert-OH is 2. The fraction of sp³-hybridized carbons (Fsp3) is 0.500. The molecule has 2 unspecified atom stereocenters. The zero-order chi connectivity index (χ0) is 27.5. The topological polar surface area (TPSA) is 178 Å². The van der Waals surface area contributed by atoms with Crippen molar-refractivity contribution in [2.75, 3.05) is 25.4 Å². The van der Waals surface area contributed by atoms with E-state index in [0.29, 0.717) is 43.0 Å². The number of benzene rings is 1. The largest absolute Gasteiger partial charge is 0.445 e. The Labute approximate surface area is 224 Å². The average molecular weight is 540 g/mol. The Kier molecular flexibility index (Phi) is 7.91. The lowest BCUT2D eigenvalue weighted by Crippen LogP contribution is -2.42. The first-order valence-corrected chi connectivity index (χ1v) is 13.1. The summed E-state index contributed by atoms with van der Waals surface area (Å²) in [5, 5.41) is 23.6. The zero-order valence-corrected chi connectivity index (χ0v) is 21.6. The number of imidazole rings is 1. The van der Waals surface area contributed by atoms with Gasteiger partial charge in [0.1, 0.15) is 30.2 Å². The number of carbonyl (C=O) groups is 2. The molecule has 13 heteroatoms. The van der Waals surface area contributed by atoms with Gasteiger partial charge in [-0.15, -0.1) is 0 Å². The molecule has 2 saturated heterocycles. The third kappa shape index (κ3) is 5.65. The number of aromatic nitrogens is 4. The Bertz CT molecular complexity index is 1310. The van der Waals surface area contributed by atoms with Crippen molar-refractivity contribution in [2.45, 2.75) is 57.3 Å². The highest BCUT2D eigenvalue weighted by molar-refractivity contribution is 5.83. The normalized spacial score (nSPS) is 23.7. The molecule has 0 bridgehead atoms. The van der Waals surface area contributed by atoms with Crippen molar-refractivity contribution >= 4 is 29.0 Å². The standard InChI is InChI=1S/C26H33N7O6/c1-2-28-24(36)21-19(34)20(35)25(39-21)33-14-29-18-22(27)30-17(31-23(18)33)12-15-8-10-32(11-9-15)26(37)38-13-16-6-4-3-5-7-16/h3-7,14-15,19-21,25,34-35H,2,8-13H2,1H3,(H,28,36)(H2,27,30,31)/t19?,20?,21-,25+/m0/s1. The second kappa shape index (κ2) is 11.5. The molecule has 1 aromatic carbocycles. The lowest BCUT2D eigenvalue weighted by Gasteiger charge is -2.31. The summed E-state index contributed by atoms with van der Waals surface area (Å²) in [5.74, 6) is 0.402. The number of rotatable bonds is 7. The van der Waals surface area contributed by atoms with Crippen LogP contribution in [0.5, 0.6) is 0 Å². The van der Waals surface area contributed by atoms with Gasteiger partial charge < -0.3 is 35.6 Å². The lowest BCUT2D eigenvalue weighted by atomic mass is 9.93. The second-order valence-corrected chi connectivity index (χ2v) is 9.85. The Morgan fingerprint density at radius 2 is 1.90 bits per heavy atom. The van der Waals surface area contributed by atoms with Crippen LogP contribution in [0.3, 0.4) is 0 Å². The van der Waals surface area contributed by atoms with E-state index in [0.717, 1.165) is 18.4 Å². The molecule has 2 fully saturated rings. The Morgan fingerprint density at radius 1 is 1.15 bits per heavy atom. The van der Waals surface area contributed by atoms with Crippen LogP contribution in [-0.2, 0) is 27.3 Å². The van der Waals surface area contributed by atoms with Crippen molar-refractivity contribution in [3.63, 3.8) is 0 Å². The molecular formula is C26H33N7O6. The Balaban J connectivity index is 1.23. The van der Waals surface area contributed by atoms with Gasteiger partial charge in [0.15, 0.2) is 23.8 Å². The molecule has 0 radical (unpaired) electrons. The highest BCUT2D eigenvalue weighted by Gasteiger charge is 2.47. The first kappa shape index (κ1) is 26.8. The van der Waals surface area contributed by atoms with Gasteiger partial charge in [0.25, 0.3) is 5.91 Å². The number of hydrogen-bond donors (Lipinski definition) is 4. The van der Waals surface area contributed by atoms with Crippen molar-refractivity contribution in [1.82, 2.24) is 29.7 Å². The zero-order valence-electron chi connectivity index (χ0n) is 21.6. The number of nitrogen functional groups attached to an aromatic ring is 1. The highest BCUT2D eigenvalue weighted by Crippen LogP contribution is 2.32. The number of nitrogens with zero attached hydrogens (tertiary/aromatic N) is 5. The van der Waals surface area contributed by atoms with E-state index in [1.807, 2.05) is 30.3 Å². The monoisotopic (exact) mass is 539 g/mol. The number of amides is 2. The predicted octanol–water partition coefficient (Wildman–Crippen LogP) is 0.755. The van der Waals surface area contributed by atoms with Crippen LogP contribution in [0.25, 0.3) is 11.2 Å². The van der Waals surface area contributed by atoms with Crippen LogP contribution in [0.2, 0.25) is 0 Å². The van der Waals surface area contributed by atoms with E-state index in [-0.39, 0.29) is 24.4 Å². The second-order valence-electron chi connectivity index (χ2n) is 9.85. The summed E-state index contributed by atoms with van der Waals surface area (Å²) in [6, 6.07) is 9.55. The summed E-state index contributed by atoms with van der Waals surface area (Å²) in [6.07, 6.45) is -1.97. The molecule has 5 N–H and O–H groups in total. The van der Waals surface area contributed by atoms with Gasteiger partial charge in [-0.3, -0.25) is 9.36 Å². The van der Waals surface area contributed by atoms with Crippen LogP contribution >= 0.6 is 0 Å². The molecular weight excluding hydrogens is 506 g/mol. The fourth-order valence-electron chi connectivity index (χ4n) is 5.03. The fourth-order valence-corrected chi connectivity index (χ4v) is 5.03. The van der Waals surface area contributed by atoms with Crippen LogP contribution in [0, 0.1) is 5.92 Å². The molecule has 39 heavy (non-hydrogen) atoms. The summed E-state index contributed by atoms with van der Waals surface area (Å²) in [7, 11) is 0. The molecule has 0 spiro atoms. The van der Waals surface area contributed by atoms with Gasteiger partial charge in [-0.05, 0) is 31.2 Å². The van der Waals surface area contributed by atoms with Gasteiger partial charge in [0.2, 0.25) is 0 Å². The number of piperidine rings is 1. The van der Waals surface area contributed by atoms with Crippen LogP contribution in [0.1, 0.15) is 37.4 Å². The van der Waals surface area contributed by atoms with Gasteiger partial charge in [-0.2, -0.15) is 0 Å². The van der Waals surface area contributed by atoms with Crippen LogP contribution in [0.4, 0.5) is 10.6 Å². The van der Waals surface area contributed by atoms with E-state index >= 15 is 0 Å². The summed E-state index contributed by atoms with van der Waals surface area (Å²) >= 11 is 0. The minimum atomic E-state index is -1.41. The third-order valence-corrected chi connectivity index (χ3v) is 7.17.